The van der Waals surface area contributed by atoms with Crippen molar-refractivity contribution < 1.29 is 18.3 Å². The zero-order valence-electron chi connectivity index (χ0n) is 13.4. The van der Waals surface area contributed by atoms with E-state index < -0.39 is 17.8 Å². The van der Waals surface area contributed by atoms with Gasteiger partial charge in [-0.05, 0) is 54.8 Å². The number of hydrogen-bond acceptors (Lipinski definition) is 3. The van der Waals surface area contributed by atoms with Crippen molar-refractivity contribution in [1.82, 2.24) is 10.3 Å². The summed E-state index contributed by atoms with van der Waals surface area (Å²) in [4.78, 5) is 3.95. The topological polar surface area (TPSA) is 45.1 Å². The Balaban J connectivity index is 2.26. The molecule has 0 amide bonds. The maximum absolute atomic E-state index is 13.0. The van der Waals surface area contributed by atoms with Gasteiger partial charge in [0, 0.05) is 12.4 Å². The van der Waals surface area contributed by atoms with Gasteiger partial charge in [0.05, 0.1) is 17.7 Å². The Labute approximate surface area is 139 Å². The molecule has 130 valence electrons. The molecule has 2 unspecified atom stereocenters. The van der Waals surface area contributed by atoms with E-state index in [9.17, 15) is 18.3 Å². The van der Waals surface area contributed by atoms with Crippen molar-refractivity contribution in [3.63, 3.8) is 0 Å². The Morgan fingerprint density at radius 3 is 2.46 bits per heavy atom. The van der Waals surface area contributed by atoms with Crippen molar-refractivity contribution >= 4 is 0 Å². The predicted molar refractivity (Wildman–Crippen MR) is 86.4 cm³/mol. The van der Waals surface area contributed by atoms with Gasteiger partial charge in [-0.1, -0.05) is 19.1 Å². The van der Waals surface area contributed by atoms with Gasteiger partial charge in [0.2, 0.25) is 0 Å². The lowest BCUT2D eigenvalue weighted by Gasteiger charge is -2.21. The van der Waals surface area contributed by atoms with Gasteiger partial charge in [0.15, 0.2) is 0 Å². The number of hydrogen-bond donors (Lipinski definition) is 2. The molecule has 1 aromatic carbocycles. The van der Waals surface area contributed by atoms with Crippen molar-refractivity contribution in [3.8, 4) is 0 Å². The second-order valence-corrected chi connectivity index (χ2v) is 5.64. The van der Waals surface area contributed by atoms with Crippen molar-refractivity contribution in [3.05, 3.63) is 65.5 Å². The van der Waals surface area contributed by atoms with Crippen LogP contribution in [0.4, 0.5) is 13.2 Å². The van der Waals surface area contributed by atoms with Crippen LogP contribution in [0.1, 0.15) is 42.5 Å². The van der Waals surface area contributed by atoms with Gasteiger partial charge < -0.3 is 10.4 Å². The maximum atomic E-state index is 13.0. The zero-order chi connectivity index (χ0) is 17.6. The van der Waals surface area contributed by atoms with Crippen molar-refractivity contribution in [1.29, 1.82) is 0 Å². The number of nitrogens with zero attached hydrogens (tertiary/aromatic N) is 1. The summed E-state index contributed by atoms with van der Waals surface area (Å²) in [6.45, 7) is 2.38. The van der Waals surface area contributed by atoms with Crippen molar-refractivity contribution in [2.24, 2.45) is 0 Å². The average molecular weight is 338 g/mol. The maximum Gasteiger partial charge on any atom is 0.416 e. The summed E-state index contributed by atoms with van der Waals surface area (Å²) in [5, 5.41) is 12.9. The van der Waals surface area contributed by atoms with Crippen LogP contribution in [0.2, 0.25) is 0 Å². The van der Waals surface area contributed by atoms with E-state index in [-0.39, 0.29) is 6.04 Å². The Bertz CT molecular complexity index is 632. The molecule has 2 N–H and O–H groups in total. The minimum Gasteiger partial charge on any atom is -0.393 e. The molecule has 1 heterocycles. The average Bonchev–Trinajstić information content (AvgIpc) is 2.58. The number of alkyl halides is 3. The third-order valence-corrected chi connectivity index (χ3v) is 3.88. The largest absolute Gasteiger partial charge is 0.416 e. The Hall–Kier alpha value is -1.92. The quantitative estimate of drug-likeness (QED) is 0.804. The summed E-state index contributed by atoms with van der Waals surface area (Å²) >= 11 is 0. The number of benzene rings is 1. The highest BCUT2D eigenvalue weighted by Crippen LogP contribution is 2.32. The van der Waals surface area contributed by atoms with Gasteiger partial charge in [0.25, 0.3) is 0 Å². The highest BCUT2D eigenvalue weighted by Gasteiger charge is 2.31. The van der Waals surface area contributed by atoms with E-state index in [2.05, 4.69) is 10.3 Å². The minimum atomic E-state index is -4.38. The van der Waals surface area contributed by atoms with Gasteiger partial charge in [-0.15, -0.1) is 0 Å². The fraction of sp³-hybridized carbons (Fsp3) is 0.389. The Kier molecular flexibility index (Phi) is 6.34. The minimum absolute atomic E-state index is 0.389. The molecule has 24 heavy (non-hydrogen) atoms. The molecule has 0 aliphatic rings. The van der Waals surface area contributed by atoms with Gasteiger partial charge in [0.1, 0.15) is 0 Å². The van der Waals surface area contributed by atoms with Crippen LogP contribution in [0.15, 0.2) is 48.8 Å². The predicted octanol–water partition coefficient (Wildman–Crippen LogP) is 3.94. The summed E-state index contributed by atoms with van der Waals surface area (Å²) in [5.74, 6) is 0. The zero-order valence-corrected chi connectivity index (χ0v) is 13.4. The molecule has 2 rings (SSSR count). The molecule has 0 saturated heterocycles. The molecule has 0 spiro atoms. The van der Waals surface area contributed by atoms with Crippen LogP contribution in [0.5, 0.6) is 0 Å². The van der Waals surface area contributed by atoms with Crippen LogP contribution >= 0.6 is 0 Å². The van der Waals surface area contributed by atoms with Crippen LogP contribution in [0, 0.1) is 0 Å². The van der Waals surface area contributed by atoms with E-state index >= 15 is 0 Å². The van der Waals surface area contributed by atoms with Crippen LogP contribution in [-0.2, 0) is 6.18 Å². The Morgan fingerprint density at radius 1 is 1.12 bits per heavy atom. The van der Waals surface area contributed by atoms with Crippen LogP contribution < -0.4 is 5.32 Å². The summed E-state index contributed by atoms with van der Waals surface area (Å²) < 4.78 is 38.9. The first-order valence-electron chi connectivity index (χ1n) is 7.90. The molecule has 2 atom stereocenters. The molecule has 0 fully saturated rings. The number of pyridine rings is 1. The molecule has 0 saturated carbocycles. The van der Waals surface area contributed by atoms with E-state index in [0.717, 1.165) is 17.7 Å². The fourth-order valence-electron chi connectivity index (χ4n) is 2.48. The normalized spacial score (nSPS) is 14.4. The van der Waals surface area contributed by atoms with Crippen LogP contribution in [0.25, 0.3) is 0 Å². The molecule has 2 aromatic rings. The highest BCUT2D eigenvalue weighted by molar-refractivity contribution is 5.34. The fourth-order valence-corrected chi connectivity index (χ4v) is 2.48. The lowest BCUT2D eigenvalue weighted by Crippen LogP contribution is -2.26. The highest BCUT2D eigenvalue weighted by atomic mass is 19.4. The molecular weight excluding hydrogens is 317 g/mol. The lowest BCUT2D eigenvalue weighted by molar-refractivity contribution is -0.137. The number of aliphatic hydroxyl groups is 1. The number of nitrogens with one attached hydrogen (secondary N) is 1. The SMILES string of the molecule is CCC(O)CCNC(c1ccncc1)c1cccc(C(F)(F)F)c1. The van der Waals surface area contributed by atoms with Crippen molar-refractivity contribution in [2.45, 2.75) is 38.1 Å². The molecule has 0 radical (unpaired) electrons. The molecule has 3 nitrogen and oxygen atoms in total. The number of halogens is 3. The molecule has 0 aliphatic heterocycles. The van der Waals surface area contributed by atoms with Gasteiger partial charge in [-0.2, -0.15) is 13.2 Å². The van der Waals surface area contributed by atoms with Gasteiger partial charge in [-0.25, -0.2) is 0 Å². The summed E-state index contributed by atoms with van der Waals surface area (Å²) in [6, 6.07) is 8.46. The number of aromatic nitrogens is 1. The van der Waals surface area contributed by atoms with E-state index in [4.69, 9.17) is 0 Å². The smallest absolute Gasteiger partial charge is 0.393 e. The third-order valence-electron chi connectivity index (χ3n) is 3.88. The Morgan fingerprint density at radius 2 is 1.83 bits per heavy atom. The lowest BCUT2D eigenvalue weighted by atomic mass is 9.97. The first kappa shape index (κ1) is 18.4. The molecule has 0 aliphatic carbocycles. The monoisotopic (exact) mass is 338 g/mol. The molecule has 6 heteroatoms. The first-order valence-corrected chi connectivity index (χ1v) is 7.90. The number of aliphatic hydroxyl groups excluding tert-OH is 1. The van der Waals surface area contributed by atoms with E-state index in [1.54, 1.807) is 30.6 Å². The van der Waals surface area contributed by atoms with E-state index in [1.807, 2.05) is 6.92 Å². The second-order valence-electron chi connectivity index (χ2n) is 5.64. The van der Waals surface area contributed by atoms with E-state index in [1.165, 1.54) is 6.07 Å². The van der Waals surface area contributed by atoms with Crippen LogP contribution in [-0.4, -0.2) is 22.7 Å². The van der Waals surface area contributed by atoms with Crippen molar-refractivity contribution in [2.75, 3.05) is 6.54 Å². The van der Waals surface area contributed by atoms with Gasteiger partial charge in [-0.3, -0.25) is 4.98 Å². The summed E-state index contributed by atoms with van der Waals surface area (Å²) in [6.07, 6.45) is -0.395. The summed E-state index contributed by atoms with van der Waals surface area (Å²) in [7, 11) is 0. The van der Waals surface area contributed by atoms with E-state index in [0.29, 0.717) is 24.9 Å². The molecule has 0 bridgehead atoms. The first-order chi connectivity index (χ1) is 11.4. The van der Waals surface area contributed by atoms with Crippen LogP contribution in [0.3, 0.4) is 0 Å². The van der Waals surface area contributed by atoms with Gasteiger partial charge >= 0.3 is 6.18 Å². The number of rotatable bonds is 7. The molecule has 1 aromatic heterocycles. The standard InChI is InChI=1S/C18H21F3N2O/c1-2-16(24)8-11-23-17(13-6-9-22-10-7-13)14-4-3-5-15(12-14)18(19,20)21/h3-7,9-10,12,16-17,23-24H,2,8,11H2,1H3. The third kappa shape index (κ3) is 5.04. The summed E-state index contributed by atoms with van der Waals surface area (Å²) in [5.41, 5.74) is 0.687. The molecular formula is C18H21F3N2O. The second kappa shape index (κ2) is 8.26.